The highest BCUT2D eigenvalue weighted by molar-refractivity contribution is 6.00. The molecule has 1 aromatic carbocycles. The van der Waals surface area contributed by atoms with E-state index in [4.69, 9.17) is 9.47 Å². The van der Waals surface area contributed by atoms with Crippen molar-refractivity contribution in [2.24, 2.45) is 0 Å². The molecule has 1 N–H and O–H groups in total. The molecule has 0 radical (unpaired) electrons. The summed E-state index contributed by atoms with van der Waals surface area (Å²) >= 11 is 0. The molecular formula is C19H22N2O4. The molecule has 25 heavy (non-hydrogen) atoms. The average molecular weight is 342 g/mol. The third kappa shape index (κ3) is 5.91. The van der Waals surface area contributed by atoms with Gasteiger partial charge in [0, 0.05) is 24.5 Å². The Morgan fingerprint density at radius 3 is 2.44 bits per heavy atom. The summed E-state index contributed by atoms with van der Waals surface area (Å²) in [5.74, 6) is 0.899. The van der Waals surface area contributed by atoms with Crippen LogP contribution in [-0.4, -0.2) is 30.4 Å². The van der Waals surface area contributed by atoms with Crippen LogP contribution >= 0.6 is 0 Å². The molecule has 0 atom stereocenters. The minimum absolute atomic E-state index is 0.0787. The Morgan fingerprint density at radius 1 is 1.08 bits per heavy atom. The van der Waals surface area contributed by atoms with E-state index in [0.717, 1.165) is 12.2 Å². The Balaban J connectivity index is 1.81. The fourth-order valence-electron chi connectivity index (χ4n) is 2.13. The van der Waals surface area contributed by atoms with Gasteiger partial charge in [-0.3, -0.25) is 9.59 Å². The van der Waals surface area contributed by atoms with Crippen LogP contribution in [0.1, 0.15) is 36.5 Å². The van der Waals surface area contributed by atoms with Crippen molar-refractivity contribution in [3.8, 4) is 11.6 Å². The molecule has 0 aliphatic heterocycles. The van der Waals surface area contributed by atoms with Crippen molar-refractivity contribution in [2.45, 2.75) is 26.2 Å². The van der Waals surface area contributed by atoms with Gasteiger partial charge in [-0.05, 0) is 36.8 Å². The molecule has 0 bridgehead atoms. The molecule has 0 spiro atoms. The van der Waals surface area contributed by atoms with Gasteiger partial charge in [-0.1, -0.05) is 6.92 Å². The summed E-state index contributed by atoms with van der Waals surface area (Å²) in [7, 11) is 1.52. The number of aromatic nitrogens is 1. The highest BCUT2D eigenvalue weighted by Gasteiger charge is 2.10. The van der Waals surface area contributed by atoms with E-state index in [1.807, 2.05) is 6.92 Å². The molecule has 132 valence electrons. The Labute approximate surface area is 147 Å². The van der Waals surface area contributed by atoms with Crippen LogP contribution in [0.5, 0.6) is 11.6 Å². The first-order valence-electron chi connectivity index (χ1n) is 8.18. The van der Waals surface area contributed by atoms with Gasteiger partial charge in [0.05, 0.1) is 25.6 Å². The molecule has 6 heteroatoms. The van der Waals surface area contributed by atoms with Crippen molar-refractivity contribution in [3.63, 3.8) is 0 Å². The number of hydrogen-bond acceptors (Lipinski definition) is 5. The zero-order chi connectivity index (χ0) is 18.1. The monoisotopic (exact) mass is 342 g/mol. The molecule has 1 aromatic heterocycles. The molecule has 0 aliphatic rings. The van der Waals surface area contributed by atoms with E-state index in [-0.39, 0.29) is 24.5 Å². The maximum absolute atomic E-state index is 12.2. The van der Waals surface area contributed by atoms with Gasteiger partial charge >= 0.3 is 0 Å². The van der Waals surface area contributed by atoms with Crippen molar-refractivity contribution in [2.75, 3.05) is 19.0 Å². The smallest absolute Gasteiger partial charge is 0.224 e. The molecule has 6 nitrogen and oxygen atoms in total. The SMILES string of the molecule is CCCOc1ccc(C(=O)CCC(=O)Nc2ccc(OC)nc2)cc1. The normalized spacial score (nSPS) is 10.2. The van der Waals surface area contributed by atoms with E-state index in [0.29, 0.717) is 23.7 Å². The molecule has 2 aromatic rings. The van der Waals surface area contributed by atoms with Gasteiger partial charge in [-0.2, -0.15) is 0 Å². The van der Waals surface area contributed by atoms with E-state index in [1.54, 1.807) is 36.4 Å². The molecule has 2 rings (SSSR count). The van der Waals surface area contributed by atoms with E-state index in [2.05, 4.69) is 10.3 Å². The van der Waals surface area contributed by atoms with E-state index in [1.165, 1.54) is 13.3 Å². The lowest BCUT2D eigenvalue weighted by Crippen LogP contribution is -2.13. The summed E-state index contributed by atoms with van der Waals surface area (Å²) < 4.78 is 10.4. The highest BCUT2D eigenvalue weighted by Crippen LogP contribution is 2.15. The van der Waals surface area contributed by atoms with Gasteiger partial charge in [0.2, 0.25) is 11.8 Å². The molecule has 1 amide bonds. The molecule has 1 heterocycles. The standard InChI is InChI=1S/C19H22N2O4/c1-3-12-25-16-7-4-14(5-8-16)17(22)9-10-18(23)21-15-6-11-19(24-2)20-13-15/h4-8,11,13H,3,9-10,12H2,1-2H3,(H,21,23). The van der Waals surface area contributed by atoms with Crippen molar-refractivity contribution in [3.05, 3.63) is 48.2 Å². The predicted octanol–water partition coefficient (Wildman–Crippen LogP) is 3.48. The molecule has 0 aliphatic carbocycles. The Kier molecular flexibility index (Phi) is 6.95. The first-order valence-corrected chi connectivity index (χ1v) is 8.18. The second-order valence-corrected chi connectivity index (χ2v) is 5.43. The summed E-state index contributed by atoms with van der Waals surface area (Å²) in [5, 5.41) is 2.70. The van der Waals surface area contributed by atoms with Gasteiger partial charge < -0.3 is 14.8 Å². The quantitative estimate of drug-likeness (QED) is 0.706. The minimum Gasteiger partial charge on any atom is -0.494 e. The average Bonchev–Trinajstić information content (AvgIpc) is 2.65. The minimum atomic E-state index is -0.233. The molecular weight excluding hydrogens is 320 g/mol. The number of rotatable bonds is 9. The Bertz CT molecular complexity index is 696. The van der Waals surface area contributed by atoms with Crippen LogP contribution < -0.4 is 14.8 Å². The maximum atomic E-state index is 12.2. The lowest BCUT2D eigenvalue weighted by molar-refractivity contribution is -0.116. The van der Waals surface area contributed by atoms with Crippen molar-refractivity contribution < 1.29 is 19.1 Å². The third-order valence-electron chi connectivity index (χ3n) is 3.46. The summed E-state index contributed by atoms with van der Waals surface area (Å²) in [6, 6.07) is 10.3. The Morgan fingerprint density at radius 2 is 1.84 bits per heavy atom. The molecule has 0 saturated carbocycles. The number of amides is 1. The summed E-state index contributed by atoms with van der Waals surface area (Å²) in [4.78, 5) is 28.1. The van der Waals surface area contributed by atoms with Crippen LogP contribution in [0, 0.1) is 0 Å². The predicted molar refractivity (Wildman–Crippen MR) is 95.2 cm³/mol. The van der Waals surface area contributed by atoms with Gasteiger partial charge in [0.1, 0.15) is 5.75 Å². The number of carbonyl (C=O) groups is 2. The number of ether oxygens (including phenoxy) is 2. The lowest BCUT2D eigenvalue weighted by atomic mass is 10.1. The van der Waals surface area contributed by atoms with Gasteiger partial charge in [-0.15, -0.1) is 0 Å². The molecule has 0 saturated heterocycles. The summed E-state index contributed by atoms with van der Waals surface area (Å²) in [6.07, 6.45) is 2.69. The first kappa shape index (κ1) is 18.4. The van der Waals surface area contributed by atoms with E-state index < -0.39 is 0 Å². The van der Waals surface area contributed by atoms with Crippen LogP contribution in [-0.2, 0) is 4.79 Å². The number of nitrogens with one attached hydrogen (secondary N) is 1. The highest BCUT2D eigenvalue weighted by atomic mass is 16.5. The van der Waals surface area contributed by atoms with Gasteiger partial charge in [0.25, 0.3) is 0 Å². The summed E-state index contributed by atoms with van der Waals surface area (Å²) in [5.41, 5.74) is 1.14. The number of ketones is 1. The largest absolute Gasteiger partial charge is 0.494 e. The maximum Gasteiger partial charge on any atom is 0.224 e. The number of nitrogens with zero attached hydrogens (tertiary/aromatic N) is 1. The fourth-order valence-corrected chi connectivity index (χ4v) is 2.13. The van der Waals surface area contributed by atoms with Crippen LogP contribution in [0.15, 0.2) is 42.6 Å². The van der Waals surface area contributed by atoms with Crippen LogP contribution in [0.25, 0.3) is 0 Å². The van der Waals surface area contributed by atoms with Crippen LogP contribution in [0.2, 0.25) is 0 Å². The third-order valence-corrected chi connectivity index (χ3v) is 3.46. The van der Waals surface area contributed by atoms with E-state index >= 15 is 0 Å². The zero-order valence-electron chi connectivity index (χ0n) is 14.5. The fraction of sp³-hybridized carbons (Fsp3) is 0.316. The number of carbonyl (C=O) groups excluding carboxylic acids is 2. The van der Waals surface area contributed by atoms with Crippen molar-refractivity contribution in [1.29, 1.82) is 0 Å². The van der Waals surface area contributed by atoms with E-state index in [9.17, 15) is 9.59 Å². The number of Topliss-reactive ketones (excluding diaryl/α,β-unsaturated/α-hetero) is 1. The number of methoxy groups -OCH3 is 1. The topological polar surface area (TPSA) is 77.5 Å². The summed E-state index contributed by atoms with van der Waals surface area (Å²) in [6.45, 7) is 2.68. The van der Waals surface area contributed by atoms with Crippen LogP contribution in [0.4, 0.5) is 5.69 Å². The Hall–Kier alpha value is -2.89. The van der Waals surface area contributed by atoms with Gasteiger partial charge in [-0.25, -0.2) is 4.98 Å². The van der Waals surface area contributed by atoms with Crippen molar-refractivity contribution >= 4 is 17.4 Å². The van der Waals surface area contributed by atoms with Crippen molar-refractivity contribution in [1.82, 2.24) is 4.98 Å². The number of benzene rings is 1. The second-order valence-electron chi connectivity index (χ2n) is 5.43. The van der Waals surface area contributed by atoms with Crippen LogP contribution in [0.3, 0.4) is 0 Å². The molecule has 0 fully saturated rings. The first-order chi connectivity index (χ1) is 12.1. The lowest BCUT2D eigenvalue weighted by Gasteiger charge is -2.07. The second kappa shape index (κ2) is 9.42. The number of hydrogen-bond donors (Lipinski definition) is 1. The van der Waals surface area contributed by atoms with Gasteiger partial charge in [0.15, 0.2) is 5.78 Å². The number of anilines is 1. The zero-order valence-corrected chi connectivity index (χ0v) is 14.5. The number of pyridine rings is 1. The molecule has 0 unspecified atom stereocenters.